The molecular weight excluding hydrogens is 328 g/mol. The Balaban J connectivity index is 2.33. The highest BCUT2D eigenvalue weighted by molar-refractivity contribution is 9.09. The third-order valence-electron chi connectivity index (χ3n) is 3.82. The summed E-state index contributed by atoms with van der Waals surface area (Å²) in [5.74, 6) is 0.105. The van der Waals surface area contributed by atoms with E-state index >= 15 is 0 Å². The van der Waals surface area contributed by atoms with Crippen molar-refractivity contribution in [3.63, 3.8) is 0 Å². The Morgan fingerprint density at radius 1 is 1.29 bits per heavy atom. The van der Waals surface area contributed by atoms with Gasteiger partial charge in [-0.3, -0.25) is 9.78 Å². The quantitative estimate of drug-likeness (QED) is 0.730. The van der Waals surface area contributed by atoms with Crippen molar-refractivity contribution in [2.75, 3.05) is 11.9 Å². The number of hydrogen-bond acceptors (Lipinski definition) is 2. The van der Waals surface area contributed by atoms with Gasteiger partial charge in [0.05, 0.1) is 5.52 Å². The molecule has 112 valence electrons. The first-order valence-electron chi connectivity index (χ1n) is 7.43. The summed E-state index contributed by atoms with van der Waals surface area (Å²) in [5.41, 5.74) is 1.66. The second-order valence-electron chi connectivity index (χ2n) is 5.07. The lowest BCUT2D eigenvalue weighted by Crippen LogP contribution is -2.41. The average Bonchev–Trinajstić information content (AvgIpc) is 2.54. The highest BCUT2D eigenvalue weighted by Crippen LogP contribution is 2.18. The van der Waals surface area contributed by atoms with E-state index in [1.165, 1.54) is 0 Å². The SMILES string of the molecule is CCC(CC)N(CCBr)C(=O)c1ccc2ncccc2c1. The van der Waals surface area contributed by atoms with E-state index in [0.717, 1.165) is 41.2 Å². The van der Waals surface area contributed by atoms with E-state index in [4.69, 9.17) is 0 Å². The van der Waals surface area contributed by atoms with Crippen LogP contribution >= 0.6 is 15.9 Å². The van der Waals surface area contributed by atoms with Gasteiger partial charge in [0.2, 0.25) is 0 Å². The van der Waals surface area contributed by atoms with Crippen LogP contribution in [0.25, 0.3) is 10.9 Å². The van der Waals surface area contributed by atoms with Crippen LogP contribution in [-0.2, 0) is 0 Å². The summed E-state index contributed by atoms with van der Waals surface area (Å²) >= 11 is 3.45. The molecule has 4 heteroatoms. The number of benzene rings is 1. The van der Waals surface area contributed by atoms with Crippen molar-refractivity contribution in [1.82, 2.24) is 9.88 Å². The predicted octanol–water partition coefficient (Wildman–Crippen LogP) is 4.26. The molecule has 0 aliphatic heterocycles. The van der Waals surface area contributed by atoms with Crippen LogP contribution in [0.5, 0.6) is 0 Å². The molecule has 0 radical (unpaired) electrons. The zero-order valence-corrected chi connectivity index (χ0v) is 14.1. The Morgan fingerprint density at radius 3 is 2.71 bits per heavy atom. The number of fused-ring (bicyclic) bond motifs is 1. The van der Waals surface area contributed by atoms with Crippen molar-refractivity contribution in [2.24, 2.45) is 0 Å². The number of hydrogen-bond donors (Lipinski definition) is 0. The summed E-state index contributed by atoms with van der Waals surface area (Å²) in [5, 5.41) is 1.80. The predicted molar refractivity (Wildman–Crippen MR) is 90.9 cm³/mol. The summed E-state index contributed by atoms with van der Waals surface area (Å²) < 4.78 is 0. The van der Waals surface area contributed by atoms with Gasteiger partial charge in [-0.05, 0) is 37.1 Å². The van der Waals surface area contributed by atoms with Gasteiger partial charge < -0.3 is 4.90 Å². The van der Waals surface area contributed by atoms with Gasteiger partial charge in [-0.2, -0.15) is 0 Å². The molecule has 0 aliphatic carbocycles. The summed E-state index contributed by atoms with van der Waals surface area (Å²) in [6.07, 6.45) is 3.72. The van der Waals surface area contributed by atoms with E-state index in [0.29, 0.717) is 6.04 Å². The Bertz CT molecular complexity index is 611. The van der Waals surface area contributed by atoms with Crippen molar-refractivity contribution in [3.8, 4) is 0 Å². The second kappa shape index (κ2) is 7.55. The minimum Gasteiger partial charge on any atom is -0.335 e. The average molecular weight is 349 g/mol. The number of aromatic nitrogens is 1. The number of amides is 1. The minimum absolute atomic E-state index is 0.105. The fourth-order valence-electron chi connectivity index (χ4n) is 2.64. The molecule has 3 nitrogen and oxygen atoms in total. The molecule has 1 amide bonds. The van der Waals surface area contributed by atoms with Gasteiger partial charge >= 0.3 is 0 Å². The molecule has 1 aromatic carbocycles. The number of halogens is 1. The number of nitrogens with zero attached hydrogens (tertiary/aromatic N) is 2. The molecule has 21 heavy (non-hydrogen) atoms. The fraction of sp³-hybridized carbons (Fsp3) is 0.412. The standard InChI is InChI=1S/C17H21BrN2O/c1-3-15(4-2)20(11-9-18)17(21)14-7-8-16-13(12-14)6-5-10-19-16/h5-8,10,12,15H,3-4,9,11H2,1-2H3. The van der Waals surface area contributed by atoms with Crippen LogP contribution in [0, 0.1) is 0 Å². The highest BCUT2D eigenvalue weighted by atomic mass is 79.9. The summed E-state index contributed by atoms with van der Waals surface area (Å²) in [6, 6.07) is 9.91. The van der Waals surface area contributed by atoms with Crippen LogP contribution in [0.2, 0.25) is 0 Å². The van der Waals surface area contributed by atoms with Crippen LogP contribution in [0.1, 0.15) is 37.0 Å². The maximum atomic E-state index is 12.8. The van der Waals surface area contributed by atoms with Gasteiger partial charge in [-0.25, -0.2) is 0 Å². The number of pyridine rings is 1. The molecule has 0 aliphatic rings. The van der Waals surface area contributed by atoms with E-state index in [1.807, 2.05) is 35.2 Å². The second-order valence-corrected chi connectivity index (χ2v) is 5.86. The third kappa shape index (κ3) is 3.62. The molecule has 1 aromatic heterocycles. The third-order valence-corrected chi connectivity index (χ3v) is 4.17. The van der Waals surface area contributed by atoms with Crippen LogP contribution in [-0.4, -0.2) is 33.7 Å². The van der Waals surface area contributed by atoms with Gasteiger partial charge in [-0.15, -0.1) is 0 Å². The van der Waals surface area contributed by atoms with E-state index < -0.39 is 0 Å². The van der Waals surface area contributed by atoms with Gasteiger partial charge in [0.1, 0.15) is 0 Å². The van der Waals surface area contributed by atoms with Crippen molar-refractivity contribution < 1.29 is 4.79 Å². The zero-order valence-electron chi connectivity index (χ0n) is 12.6. The molecule has 0 bridgehead atoms. The van der Waals surface area contributed by atoms with Gasteiger partial charge in [0, 0.05) is 35.1 Å². The van der Waals surface area contributed by atoms with E-state index in [2.05, 4.69) is 34.8 Å². The van der Waals surface area contributed by atoms with Crippen molar-refractivity contribution >= 4 is 32.7 Å². The molecule has 1 heterocycles. The number of carbonyl (C=O) groups excluding carboxylic acids is 1. The summed E-state index contributed by atoms with van der Waals surface area (Å²) in [6.45, 7) is 5.00. The Labute approximate surface area is 134 Å². The van der Waals surface area contributed by atoms with Crippen molar-refractivity contribution in [1.29, 1.82) is 0 Å². The normalized spacial score (nSPS) is 11.0. The molecule has 2 aromatic rings. The summed E-state index contributed by atoms with van der Waals surface area (Å²) in [7, 11) is 0. The molecule has 0 unspecified atom stereocenters. The first-order valence-corrected chi connectivity index (χ1v) is 8.55. The first-order chi connectivity index (χ1) is 10.2. The lowest BCUT2D eigenvalue weighted by atomic mass is 10.1. The van der Waals surface area contributed by atoms with Crippen LogP contribution in [0.15, 0.2) is 36.5 Å². The summed E-state index contributed by atoms with van der Waals surface area (Å²) in [4.78, 5) is 19.1. The molecule has 0 saturated carbocycles. The molecule has 0 atom stereocenters. The largest absolute Gasteiger partial charge is 0.335 e. The first kappa shape index (κ1) is 16.0. The van der Waals surface area contributed by atoms with Gasteiger partial charge in [0.25, 0.3) is 5.91 Å². The fourth-order valence-corrected chi connectivity index (χ4v) is 3.03. The zero-order chi connectivity index (χ0) is 15.2. The lowest BCUT2D eigenvalue weighted by molar-refractivity contribution is 0.0683. The van der Waals surface area contributed by atoms with E-state index in [9.17, 15) is 4.79 Å². The molecule has 0 spiro atoms. The molecule has 0 N–H and O–H groups in total. The number of carbonyl (C=O) groups is 1. The minimum atomic E-state index is 0.105. The van der Waals surface area contributed by atoms with Crippen molar-refractivity contribution in [2.45, 2.75) is 32.7 Å². The maximum absolute atomic E-state index is 12.8. The Morgan fingerprint density at radius 2 is 2.05 bits per heavy atom. The number of alkyl halides is 1. The van der Waals surface area contributed by atoms with E-state index in [-0.39, 0.29) is 5.91 Å². The van der Waals surface area contributed by atoms with Crippen LogP contribution < -0.4 is 0 Å². The molecule has 2 rings (SSSR count). The molecular formula is C17H21BrN2O. The Kier molecular flexibility index (Phi) is 5.74. The van der Waals surface area contributed by atoms with Crippen molar-refractivity contribution in [3.05, 3.63) is 42.1 Å². The maximum Gasteiger partial charge on any atom is 0.254 e. The molecule has 0 saturated heterocycles. The van der Waals surface area contributed by atoms with E-state index in [1.54, 1.807) is 6.20 Å². The number of rotatable bonds is 6. The monoisotopic (exact) mass is 348 g/mol. The molecule has 0 fully saturated rings. The highest BCUT2D eigenvalue weighted by Gasteiger charge is 2.21. The topological polar surface area (TPSA) is 33.2 Å². The van der Waals surface area contributed by atoms with Gasteiger partial charge in [-0.1, -0.05) is 35.8 Å². The smallest absolute Gasteiger partial charge is 0.254 e. The van der Waals surface area contributed by atoms with Crippen LogP contribution in [0.3, 0.4) is 0 Å². The lowest BCUT2D eigenvalue weighted by Gasteiger charge is -2.30. The Hall–Kier alpha value is -1.42. The van der Waals surface area contributed by atoms with Crippen LogP contribution in [0.4, 0.5) is 0 Å². The van der Waals surface area contributed by atoms with Gasteiger partial charge in [0.15, 0.2) is 0 Å².